The number of urea groups is 1. The number of likely N-dealkylation sites (N-methyl/N-ethyl adjacent to an activating group) is 1. The molecule has 21 heavy (non-hydrogen) atoms. The smallest absolute Gasteiger partial charge is 0.316 e. The molecule has 1 aliphatic rings. The summed E-state index contributed by atoms with van der Waals surface area (Å²) in [5, 5.41) is 8.54. The Morgan fingerprint density at radius 1 is 1.29 bits per heavy atom. The molecule has 2 atom stereocenters. The van der Waals surface area contributed by atoms with Crippen molar-refractivity contribution >= 4 is 23.3 Å². The molecule has 1 heterocycles. The predicted octanol–water partition coefficient (Wildman–Crippen LogP) is 0.740. The van der Waals surface area contributed by atoms with Crippen molar-refractivity contribution in [1.82, 2.24) is 5.32 Å². The minimum Gasteiger partial charge on any atom is -0.379 e. The van der Waals surface area contributed by atoms with E-state index >= 15 is 0 Å². The largest absolute Gasteiger partial charge is 0.379 e. The monoisotopic (exact) mass is 292 g/mol. The SMILES string of the molecule is CCNC1COCC1C(=O)Nc1cccc(NC(N)=O)c1. The Balaban J connectivity index is 2.00. The highest BCUT2D eigenvalue weighted by Gasteiger charge is 2.33. The number of ether oxygens (including phenoxy) is 1. The maximum absolute atomic E-state index is 12.3. The van der Waals surface area contributed by atoms with E-state index in [9.17, 15) is 9.59 Å². The zero-order valence-electron chi connectivity index (χ0n) is 11.9. The number of hydrogen-bond acceptors (Lipinski definition) is 4. The Labute approximate surface area is 123 Å². The molecule has 1 aromatic carbocycles. The fourth-order valence-corrected chi connectivity index (χ4v) is 2.33. The maximum Gasteiger partial charge on any atom is 0.316 e. The number of amides is 3. The number of anilines is 2. The summed E-state index contributed by atoms with van der Waals surface area (Å²) in [6.45, 7) is 3.72. The quantitative estimate of drug-likeness (QED) is 0.642. The summed E-state index contributed by atoms with van der Waals surface area (Å²) in [5.74, 6) is -0.326. The fourth-order valence-electron chi connectivity index (χ4n) is 2.33. The van der Waals surface area contributed by atoms with E-state index in [2.05, 4.69) is 16.0 Å². The van der Waals surface area contributed by atoms with Gasteiger partial charge in [0.2, 0.25) is 5.91 Å². The van der Waals surface area contributed by atoms with Crippen LogP contribution in [0.3, 0.4) is 0 Å². The zero-order chi connectivity index (χ0) is 15.2. The van der Waals surface area contributed by atoms with Crippen molar-refractivity contribution in [3.05, 3.63) is 24.3 Å². The van der Waals surface area contributed by atoms with E-state index in [4.69, 9.17) is 10.5 Å². The van der Waals surface area contributed by atoms with Crippen LogP contribution in [0.1, 0.15) is 6.92 Å². The van der Waals surface area contributed by atoms with Crippen LogP contribution < -0.4 is 21.7 Å². The van der Waals surface area contributed by atoms with E-state index in [1.165, 1.54) is 0 Å². The lowest BCUT2D eigenvalue weighted by Gasteiger charge is -2.18. The van der Waals surface area contributed by atoms with E-state index in [-0.39, 0.29) is 17.9 Å². The first-order valence-corrected chi connectivity index (χ1v) is 6.88. The first-order chi connectivity index (χ1) is 10.1. The second-order valence-corrected chi connectivity index (χ2v) is 4.87. The molecule has 0 aliphatic carbocycles. The average Bonchev–Trinajstić information content (AvgIpc) is 2.87. The summed E-state index contributed by atoms with van der Waals surface area (Å²) >= 11 is 0. The van der Waals surface area contributed by atoms with Gasteiger partial charge in [0.25, 0.3) is 0 Å². The van der Waals surface area contributed by atoms with E-state index in [1.807, 2.05) is 6.92 Å². The van der Waals surface area contributed by atoms with Gasteiger partial charge in [-0.25, -0.2) is 4.79 Å². The Morgan fingerprint density at radius 3 is 2.67 bits per heavy atom. The number of benzene rings is 1. The highest BCUT2D eigenvalue weighted by Crippen LogP contribution is 2.19. The molecule has 0 saturated carbocycles. The average molecular weight is 292 g/mol. The van der Waals surface area contributed by atoms with Crippen LogP contribution in [0.15, 0.2) is 24.3 Å². The minimum absolute atomic E-state index is 0.0296. The first-order valence-electron chi connectivity index (χ1n) is 6.88. The Bertz CT molecular complexity index is 521. The number of carbonyl (C=O) groups is 2. The van der Waals surface area contributed by atoms with Crippen LogP contribution in [-0.2, 0) is 9.53 Å². The van der Waals surface area contributed by atoms with Gasteiger partial charge in [-0.1, -0.05) is 13.0 Å². The van der Waals surface area contributed by atoms with Gasteiger partial charge in [-0.2, -0.15) is 0 Å². The second-order valence-electron chi connectivity index (χ2n) is 4.87. The van der Waals surface area contributed by atoms with Crippen LogP contribution in [0.2, 0.25) is 0 Å². The van der Waals surface area contributed by atoms with Gasteiger partial charge in [0.05, 0.1) is 19.1 Å². The molecule has 7 heteroatoms. The molecule has 1 saturated heterocycles. The minimum atomic E-state index is -0.644. The zero-order valence-corrected chi connectivity index (χ0v) is 11.9. The molecule has 1 fully saturated rings. The summed E-state index contributed by atoms with van der Waals surface area (Å²) in [6.07, 6.45) is 0. The molecule has 5 N–H and O–H groups in total. The van der Waals surface area contributed by atoms with Crippen LogP contribution in [0.4, 0.5) is 16.2 Å². The number of hydrogen-bond donors (Lipinski definition) is 4. The molecule has 2 unspecified atom stereocenters. The van der Waals surface area contributed by atoms with Crippen LogP contribution in [0, 0.1) is 5.92 Å². The lowest BCUT2D eigenvalue weighted by molar-refractivity contribution is -0.120. The third kappa shape index (κ3) is 4.17. The molecule has 3 amide bonds. The van der Waals surface area contributed by atoms with Crippen LogP contribution in [-0.4, -0.2) is 37.7 Å². The molecular formula is C14H20N4O3. The summed E-state index contributed by atoms with van der Waals surface area (Å²) in [5.41, 5.74) is 6.20. The molecule has 0 bridgehead atoms. The lowest BCUT2D eigenvalue weighted by Crippen LogP contribution is -2.41. The van der Waals surface area contributed by atoms with Gasteiger partial charge in [0, 0.05) is 17.4 Å². The third-order valence-electron chi connectivity index (χ3n) is 3.28. The molecule has 0 radical (unpaired) electrons. The van der Waals surface area contributed by atoms with Crippen LogP contribution in [0.5, 0.6) is 0 Å². The highest BCUT2D eigenvalue weighted by atomic mass is 16.5. The van der Waals surface area contributed by atoms with E-state index < -0.39 is 6.03 Å². The predicted molar refractivity (Wildman–Crippen MR) is 80.1 cm³/mol. The van der Waals surface area contributed by atoms with Gasteiger partial charge in [-0.3, -0.25) is 4.79 Å². The van der Waals surface area contributed by atoms with Gasteiger partial charge in [-0.15, -0.1) is 0 Å². The lowest BCUT2D eigenvalue weighted by atomic mass is 10.0. The van der Waals surface area contributed by atoms with Crippen molar-refractivity contribution in [3.63, 3.8) is 0 Å². The number of nitrogens with two attached hydrogens (primary N) is 1. The maximum atomic E-state index is 12.3. The molecule has 2 rings (SSSR count). The Kier molecular flexibility index (Phi) is 5.13. The van der Waals surface area contributed by atoms with Crippen molar-refractivity contribution < 1.29 is 14.3 Å². The second kappa shape index (κ2) is 7.05. The van der Waals surface area contributed by atoms with Crippen molar-refractivity contribution in [2.24, 2.45) is 11.7 Å². The molecule has 7 nitrogen and oxygen atoms in total. The van der Waals surface area contributed by atoms with Crippen LogP contribution in [0.25, 0.3) is 0 Å². The molecule has 1 aliphatic heterocycles. The summed E-state index contributed by atoms with van der Waals surface area (Å²) < 4.78 is 5.36. The molecule has 0 aromatic heterocycles. The van der Waals surface area contributed by atoms with E-state index in [1.54, 1.807) is 24.3 Å². The summed E-state index contributed by atoms with van der Waals surface area (Å²) in [6, 6.07) is 6.22. The van der Waals surface area contributed by atoms with E-state index in [0.717, 1.165) is 6.54 Å². The normalized spacial score (nSPS) is 21.0. The van der Waals surface area contributed by atoms with Gasteiger partial charge >= 0.3 is 6.03 Å². The Hall–Kier alpha value is -2.12. The number of carbonyl (C=O) groups excluding carboxylic acids is 2. The number of rotatable bonds is 5. The van der Waals surface area contributed by atoms with Gasteiger partial charge in [0.1, 0.15) is 0 Å². The molecule has 114 valence electrons. The fraction of sp³-hybridized carbons (Fsp3) is 0.429. The summed E-state index contributed by atoms with van der Waals surface area (Å²) in [4.78, 5) is 23.1. The number of primary amides is 1. The van der Waals surface area contributed by atoms with Gasteiger partial charge in [0.15, 0.2) is 0 Å². The first kappa shape index (κ1) is 15.3. The van der Waals surface area contributed by atoms with Crippen molar-refractivity contribution in [3.8, 4) is 0 Å². The molecular weight excluding hydrogens is 272 g/mol. The van der Waals surface area contributed by atoms with Crippen molar-refractivity contribution in [2.75, 3.05) is 30.4 Å². The van der Waals surface area contributed by atoms with Crippen LogP contribution >= 0.6 is 0 Å². The van der Waals surface area contributed by atoms with Crippen molar-refractivity contribution in [2.45, 2.75) is 13.0 Å². The third-order valence-corrected chi connectivity index (χ3v) is 3.28. The number of nitrogens with one attached hydrogen (secondary N) is 3. The highest BCUT2D eigenvalue weighted by molar-refractivity contribution is 5.94. The Morgan fingerprint density at radius 2 is 2.00 bits per heavy atom. The van der Waals surface area contributed by atoms with Gasteiger partial charge < -0.3 is 26.4 Å². The topological polar surface area (TPSA) is 105 Å². The molecule has 0 spiro atoms. The summed E-state index contributed by atoms with van der Waals surface area (Å²) in [7, 11) is 0. The van der Waals surface area contributed by atoms with Crippen molar-refractivity contribution in [1.29, 1.82) is 0 Å². The van der Waals surface area contributed by atoms with E-state index in [0.29, 0.717) is 24.6 Å². The standard InChI is InChI=1S/C14H20N4O3/c1-2-16-12-8-21-7-11(12)13(19)17-9-4-3-5-10(6-9)18-14(15)20/h3-6,11-12,16H,2,7-8H2,1H3,(H,17,19)(H3,15,18,20). The molecule has 1 aromatic rings. The van der Waals surface area contributed by atoms with Gasteiger partial charge in [-0.05, 0) is 24.7 Å².